The van der Waals surface area contributed by atoms with Crippen molar-refractivity contribution >= 4 is 0 Å². The predicted octanol–water partition coefficient (Wildman–Crippen LogP) is 2.34. The average molecular weight is 142 g/mol. The topological polar surface area (TPSA) is 20.2 Å². The van der Waals surface area contributed by atoms with E-state index in [1.54, 1.807) is 0 Å². The molecule has 1 saturated carbocycles. The summed E-state index contributed by atoms with van der Waals surface area (Å²) in [6, 6.07) is 0. The molecule has 1 rings (SSSR count). The van der Waals surface area contributed by atoms with Gasteiger partial charge in [-0.3, -0.25) is 0 Å². The summed E-state index contributed by atoms with van der Waals surface area (Å²) in [7, 11) is 0. The van der Waals surface area contributed by atoms with Crippen LogP contribution < -0.4 is 0 Å². The van der Waals surface area contributed by atoms with Crippen molar-refractivity contribution in [1.82, 2.24) is 0 Å². The zero-order chi connectivity index (χ0) is 7.61. The third-order valence-electron chi connectivity index (χ3n) is 3.03. The van der Waals surface area contributed by atoms with E-state index in [0.717, 1.165) is 12.8 Å². The Balaban J connectivity index is 2.54. The first-order valence-corrected chi connectivity index (χ1v) is 4.41. The zero-order valence-electron chi connectivity index (χ0n) is 7.06. The summed E-state index contributed by atoms with van der Waals surface area (Å²) < 4.78 is 0. The minimum Gasteiger partial charge on any atom is -0.390 e. The lowest BCUT2D eigenvalue weighted by Gasteiger charge is -2.37. The van der Waals surface area contributed by atoms with Crippen LogP contribution >= 0.6 is 0 Å². The molecule has 0 amide bonds. The molecule has 60 valence electrons. The van der Waals surface area contributed by atoms with Gasteiger partial charge in [0.2, 0.25) is 0 Å². The molecular weight excluding hydrogens is 124 g/mol. The summed E-state index contributed by atoms with van der Waals surface area (Å²) in [6.07, 6.45) is 5.68. The molecular formula is C9H18O. The highest BCUT2D eigenvalue weighted by Crippen LogP contribution is 2.35. The highest BCUT2D eigenvalue weighted by Gasteiger charge is 2.33. The summed E-state index contributed by atoms with van der Waals surface area (Å²) in [4.78, 5) is 0. The monoisotopic (exact) mass is 142 g/mol. The Labute approximate surface area is 63.4 Å². The first-order chi connectivity index (χ1) is 4.69. The molecule has 0 aromatic heterocycles. The van der Waals surface area contributed by atoms with Crippen molar-refractivity contribution in [2.45, 2.75) is 51.6 Å². The molecule has 0 radical (unpaired) electrons. The van der Waals surface area contributed by atoms with Gasteiger partial charge in [-0.25, -0.2) is 0 Å². The van der Waals surface area contributed by atoms with Crippen LogP contribution in [0.25, 0.3) is 0 Å². The van der Waals surface area contributed by atoms with Crippen molar-refractivity contribution in [3.8, 4) is 0 Å². The van der Waals surface area contributed by atoms with E-state index in [9.17, 15) is 5.11 Å². The van der Waals surface area contributed by atoms with Gasteiger partial charge in [0.05, 0.1) is 5.60 Å². The number of hydrogen-bond acceptors (Lipinski definition) is 1. The molecule has 1 aliphatic rings. The maximum Gasteiger partial charge on any atom is 0.0670 e. The lowest BCUT2D eigenvalue weighted by Crippen LogP contribution is -2.38. The van der Waals surface area contributed by atoms with Crippen molar-refractivity contribution in [3.63, 3.8) is 0 Å². The van der Waals surface area contributed by atoms with E-state index in [2.05, 4.69) is 13.8 Å². The quantitative estimate of drug-likeness (QED) is 0.595. The molecule has 1 N–H and O–H groups in total. The van der Waals surface area contributed by atoms with E-state index >= 15 is 0 Å². The Kier molecular flexibility index (Phi) is 2.35. The fourth-order valence-corrected chi connectivity index (χ4v) is 1.92. The van der Waals surface area contributed by atoms with Crippen LogP contribution in [-0.2, 0) is 0 Å². The van der Waals surface area contributed by atoms with Crippen LogP contribution in [0.1, 0.15) is 46.0 Å². The molecule has 1 heteroatoms. The summed E-state index contributed by atoms with van der Waals surface area (Å²) in [5, 5.41) is 9.95. The van der Waals surface area contributed by atoms with Gasteiger partial charge in [-0.2, -0.15) is 0 Å². The maximum atomic E-state index is 9.95. The molecule has 0 spiro atoms. The van der Waals surface area contributed by atoms with Gasteiger partial charge in [0.15, 0.2) is 0 Å². The van der Waals surface area contributed by atoms with Gasteiger partial charge < -0.3 is 5.11 Å². The zero-order valence-corrected chi connectivity index (χ0v) is 7.06. The predicted molar refractivity (Wildman–Crippen MR) is 42.9 cm³/mol. The van der Waals surface area contributed by atoms with Crippen molar-refractivity contribution < 1.29 is 5.11 Å². The van der Waals surface area contributed by atoms with Crippen LogP contribution in [0.3, 0.4) is 0 Å². The molecule has 2 atom stereocenters. The van der Waals surface area contributed by atoms with Gasteiger partial charge in [-0.05, 0) is 25.2 Å². The van der Waals surface area contributed by atoms with Crippen molar-refractivity contribution in [2.75, 3.05) is 0 Å². The minimum atomic E-state index is -0.321. The first kappa shape index (κ1) is 8.06. The van der Waals surface area contributed by atoms with Gasteiger partial charge in [0, 0.05) is 0 Å². The second-order valence-electron chi connectivity index (χ2n) is 3.60. The largest absolute Gasteiger partial charge is 0.390 e. The van der Waals surface area contributed by atoms with Crippen LogP contribution in [0.15, 0.2) is 0 Å². The Morgan fingerprint density at radius 2 is 2.20 bits per heavy atom. The molecule has 0 unspecified atom stereocenters. The fourth-order valence-electron chi connectivity index (χ4n) is 1.92. The van der Waals surface area contributed by atoms with Crippen LogP contribution in [0, 0.1) is 5.92 Å². The fraction of sp³-hybridized carbons (Fsp3) is 1.00. The molecule has 0 aliphatic heterocycles. The number of rotatable bonds is 1. The molecule has 0 aromatic rings. The third-order valence-corrected chi connectivity index (χ3v) is 3.03. The summed E-state index contributed by atoms with van der Waals surface area (Å²) in [5.74, 6) is 0.520. The van der Waals surface area contributed by atoms with Crippen LogP contribution in [-0.4, -0.2) is 10.7 Å². The highest BCUT2D eigenvalue weighted by molar-refractivity contribution is 4.85. The Morgan fingerprint density at radius 3 is 2.60 bits per heavy atom. The number of aliphatic hydroxyl groups is 1. The smallest absolute Gasteiger partial charge is 0.0670 e. The van der Waals surface area contributed by atoms with Gasteiger partial charge in [-0.15, -0.1) is 0 Å². The van der Waals surface area contributed by atoms with E-state index in [1.807, 2.05) is 0 Å². The number of hydrogen-bond donors (Lipinski definition) is 1. The normalized spacial score (nSPS) is 41.7. The van der Waals surface area contributed by atoms with Crippen LogP contribution in [0.4, 0.5) is 0 Å². The van der Waals surface area contributed by atoms with Gasteiger partial charge in [0.1, 0.15) is 0 Å². The van der Waals surface area contributed by atoms with E-state index in [4.69, 9.17) is 0 Å². The first-order valence-electron chi connectivity index (χ1n) is 4.41. The van der Waals surface area contributed by atoms with Crippen molar-refractivity contribution in [2.24, 2.45) is 5.92 Å². The van der Waals surface area contributed by atoms with Crippen LogP contribution in [0.5, 0.6) is 0 Å². The molecule has 1 nitrogen and oxygen atoms in total. The van der Waals surface area contributed by atoms with Crippen molar-refractivity contribution in [1.29, 1.82) is 0 Å². The Hall–Kier alpha value is -0.0400. The molecule has 0 aromatic carbocycles. The summed E-state index contributed by atoms with van der Waals surface area (Å²) in [6.45, 7) is 4.25. The molecule has 10 heavy (non-hydrogen) atoms. The van der Waals surface area contributed by atoms with Crippen LogP contribution in [0.2, 0.25) is 0 Å². The lowest BCUT2D eigenvalue weighted by atomic mass is 9.75. The van der Waals surface area contributed by atoms with E-state index in [1.165, 1.54) is 19.3 Å². The van der Waals surface area contributed by atoms with E-state index < -0.39 is 0 Å². The van der Waals surface area contributed by atoms with Gasteiger partial charge >= 0.3 is 0 Å². The summed E-state index contributed by atoms with van der Waals surface area (Å²) >= 11 is 0. The molecule has 0 heterocycles. The Bertz CT molecular complexity index is 111. The molecule has 0 bridgehead atoms. The second kappa shape index (κ2) is 2.91. The molecule has 1 fully saturated rings. The second-order valence-corrected chi connectivity index (χ2v) is 3.60. The van der Waals surface area contributed by atoms with Crippen molar-refractivity contribution in [3.05, 3.63) is 0 Å². The standard InChI is InChI=1S/C9H18O/c1-3-9(10)7-5-4-6-8(9)2/h8,10H,3-7H2,1-2H3/t8-,9+/m1/s1. The molecule has 0 saturated heterocycles. The SMILES string of the molecule is CC[C@]1(O)CCCC[C@H]1C. The summed E-state index contributed by atoms with van der Waals surface area (Å²) in [5.41, 5.74) is -0.321. The highest BCUT2D eigenvalue weighted by atomic mass is 16.3. The third kappa shape index (κ3) is 1.34. The average Bonchev–Trinajstić information content (AvgIpc) is 1.96. The van der Waals surface area contributed by atoms with E-state index in [-0.39, 0.29) is 5.60 Å². The Morgan fingerprint density at radius 1 is 1.50 bits per heavy atom. The maximum absolute atomic E-state index is 9.95. The molecule has 1 aliphatic carbocycles. The van der Waals surface area contributed by atoms with Gasteiger partial charge in [-0.1, -0.05) is 26.7 Å². The lowest BCUT2D eigenvalue weighted by molar-refractivity contribution is -0.0439. The minimum absolute atomic E-state index is 0.321. The van der Waals surface area contributed by atoms with E-state index in [0.29, 0.717) is 5.92 Å². The van der Waals surface area contributed by atoms with Gasteiger partial charge in [0.25, 0.3) is 0 Å².